The second kappa shape index (κ2) is 5.77. The number of aromatic nitrogens is 1. The van der Waals surface area contributed by atoms with Crippen LogP contribution in [-0.2, 0) is 6.42 Å². The maximum atomic E-state index is 5.37. The van der Waals surface area contributed by atoms with Gasteiger partial charge < -0.3 is 11.2 Å². The van der Waals surface area contributed by atoms with Gasteiger partial charge in [0.05, 0.1) is 5.69 Å². The van der Waals surface area contributed by atoms with Gasteiger partial charge in [-0.15, -0.1) is 5.11 Å². The van der Waals surface area contributed by atoms with E-state index in [9.17, 15) is 0 Å². The molecular weight excluding hydrogens is 240 g/mol. The van der Waals surface area contributed by atoms with Crippen LogP contribution in [0.2, 0.25) is 0 Å². The van der Waals surface area contributed by atoms with Crippen LogP contribution in [0, 0.1) is 6.92 Å². The first-order valence-electron chi connectivity index (χ1n) is 6.54. The fourth-order valence-electron chi connectivity index (χ4n) is 2.33. The van der Waals surface area contributed by atoms with Gasteiger partial charge in [0, 0.05) is 18.7 Å². The molecule has 0 aromatic carbocycles. The lowest BCUT2D eigenvalue weighted by atomic mass is 9.97. The summed E-state index contributed by atoms with van der Waals surface area (Å²) in [5, 5.41) is 14.8. The van der Waals surface area contributed by atoms with Crippen LogP contribution in [0.15, 0.2) is 21.4 Å². The molecule has 6 nitrogen and oxygen atoms in total. The number of hydrogen-bond acceptors (Lipinski definition) is 5. The van der Waals surface area contributed by atoms with Crippen molar-refractivity contribution in [3.8, 4) is 0 Å². The average Bonchev–Trinajstić information content (AvgIpc) is 2.43. The van der Waals surface area contributed by atoms with E-state index in [0.717, 1.165) is 36.3 Å². The maximum Gasteiger partial charge on any atom is 0.201 e. The van der Waals surface area contributed by atoms with Gasteiger partial charge in [0.1, 0.15) is 5.82 Å². The molecule has 1 aliphatic heterocycles. The molecule has 0 spiro atoms. The fraction of sp³-hybridized carbons (Fsp3) is 0.538. The second-order valence-corrected chi connectivity index (χ2v) is 4.67. The molecule has 1 unspecified atom stereocenters. The summed E-state index contributed by atoms with van der Waals surface area (Å²) in [6.07, 6.45) is 3.25. The van der Waals surface area contributed by atoms with E-state index in [1.165, 1.54) is 5.56 Å². The van der Waals surface area contributed by atoms with Gasteiger partial charge in [-0.25, -0.2) is 4.98 Å². The molecule has 19 heavy (non-hydrogen) atoms. The summed E-state index contributed by atoms with van der Waals surface area (Å²) in [5.74, 6) is 6.77. The number of nitrogens with zero attached hydrogens (tertiary/aromatic N) is 4. The van der Waals surface area contributed by atoms with Crippen molar-refractivity contribution in [2.24, 2.45) is 21.2 Å². The van der Waals surface area contributed by atoms with E-state index in [1.54, 1.807) is 7.05 Å². The molecule has 0 amide bonds. The Morgan fingerprint density at radius 3 is 3.00 bits per heavy atom. The number of amidine groups is 1. The average molecular weight is 260 g/mol. The first-order chi connectivity index (χ1) is 9.19. The van der Waals surface area contributed by atoms with Crippen LogP contribution in [0.25, 0.3) is 0 Å². The number of azo groups is 1. The molecule has 1 aromatic heterocycles. The molecule has 1 atom stereocenters. The topological polar surface area (TPSA) is 88.0 Å². The lowest BCUT2D eigenvalue weighted by Gasteiger charge is -2.26. The van der Waals surface area contributed by atoms with Crippen LogP contribution < -0.4 is 11.2 Å². The maximum absolute atomic E-state index is 5.37. The highest BCUT2D eigenvalue weighted by atomic mass is 15.2. The normalized spacial score (nSPS) is 19.3. The SMILES string of the molecule is CCC1CCc2cc(/C(N=NC)=N/N)c(C)nc2N1. The Balaban J connectivity index is 2.40. The predicted octanol–water partition coefficient (Wildman–Crippen LogP) is 2.23. The van der Waals surface area contributed by atoms with Crippen LogP contribution in [0.5, 0.6) is 0 Å². The van der Waals surface area contributed by atoms with E-state index >= 15 is 0 Å². The van der Waals surface area contributed by atoms with Gasteiger partial charge in [-0.05, 0) is 37.8 Å². The Morgan fingerprint density at radius 2 is 2.37 bits per heavy atom. The highest BCUT2D eigenvalue weighted by molar-refractivity contribution is 6.00. The molecule has 0 radical (unpaired) electrons. The van der Waals surface area contributed by atoms with Crippen LogP contribution >= 0.6 is 0 Å². The van der Waals surface area contributed by atoms with Crippen molar-refractivity contribution in [1.29, 1.82) is 0 Å². The molecule has 2 heterocycles. The van der Waals surface area contributed by atoms with Crippen molar-refractivity contribution in [2.45, 2.75) is 39.2 Å². The molecule has 102 valence electrons. The Bertz CT molecular complexity index is 520. The zero-order valence-electron chi connectivity index (χ0n) is 11.6. The Labute approximate surface area is 113 Å². The van der Waals surface area contributed by atoms with Gasteiger partial charge in [-0.3, -0.25) is 0 Å². The van der Waals surface area contributed by atoms with Gasteiger partial charge in [0.2, 0.25) is 5.84 Å². The van der Waals surface area contributed by atoms with Crippen molar-refractivity contribution < 1.29 is 0 Å². The molecule has 0 fully saturated rings. The summed E-state index contributed by atoms with van der Waals surface area (Å²) in [5.41, 5.74) is 2.90. The molecule has 3 N–H and O–H groups in total. The molecule has 6 heteroatoms. The third-order valence-electron chi connectivity index (χ3n) is 3.45. The van der Waals surface area contributed by atoms with Gasteiger partial charge in [-0.1, -0.05) is 6.92 Å². The summed E-state index contributed by atoms with van der Waals surface area (Å²) in [7, 11) is 1.60. The van der Waals surface area contributed by atoms with Gasteiger partial charge >= 0.3 is 0 Å². The van der Waals surface area contributed by atoms with E-state index in [2.05, 4.69) is 38.6 Å². The summed E-state index contributed by atoms with van der Waals surface area (Å²) in [6.45, 7) is 4.12. The minimum absolute atomic E-state index is 0.424. The number of nitrogens with two attached hydrogens (primary N) is 1. The van der Waals surface area contributed by atoms with E-state index in [1.807, 2.05) is 6.92 Å². The number of hydrogen-bond donors (Lipinski definition) is 2. The second-order valence-electron chi connectivity index (χ2n) is 4.67. The van der Waals surface area contributed by atoms with Crippen LogP contribution in [-0.4, -0.2) is 23.9 Å². The Morgan fingerprint density at radius 1 is 1.58 bits per heavy atom. The van der Waals surface area contributed by atoms with Crippen molar-refractivity contribution in [2.75, 3.05) is 12.4 Å². The number of pyridine rings is 1. The lowest BCUT2D eigenvalue weighted by Crippen LogP contribution is -2.26. The summed E-state index contributed by atoms with van der Waals surface area (Å²) in [4.78, 5) is 4.61. The minimum atomic E-state index is 0.424. The zero-order chi connectivity index (χ0) is 13.8. The molecule has 1 aliphatic rings. The summed E-state index contributed by atoms with van der Waals surface area (Å²) in [6, 6.07) is 2.58. The van der Waals surface area contributed by atoms with Crippen molar-refractivity contribution >= 4 is 11.7 Å². The predicted molar refractivity (Wildman–Crippen MR) is 76.5 cm³/mol. The highest BCUT2D eigenvalue weighted by Gasteiger charge is 2.20. The van der Waals surface area contributed by atoms with E-state index in [-0.39, 0.29) is 0 Å². The molecule has 0 bridgehead atoms. The first kappa shape index (κ1) is 13.5. The first-order valence-corrected chi connectivity index (χ1v) is 6.54. The van der Waals surface area contributed by atoms with Crippen LogP contribution in [0.3, 0.4) is 0 Å². The molecule has 0 aliphatic carbocycles. The third kappa shape index (κ3) is 2.72. The highest BCUT2D eigenvalue weighted by Crippen LogP contribution is 2.26. The van der Waals surface area contributed by atoms with Crippen LogP contribution in [0.4, 0.5) is 5.82 Å². The molecule has 0 saturated heterocycles. The van der Waals surface area contributed by atoms with E-state index < -0.39 is 0 Å². The number of fused-ring (bicyclic) bond motifs is 1. The molecule has 2 rings (SSSR count). The number of aryl methyl sites for hydroxylation is 2. The van der Waals surface area contributed by atoms with Crippen molar-refractivity contribution in [3.05, 3.63) is 22.9 Å². The van der Waals surface area contributed by atoms with Gasteiger partial charge in [0.15, 0.2) is 0 Å². The molecule has 1 aromatic rings. The monoisotopic (exact) mass is 260 g/mol. The third-order valence-corrected chi connectivity index (χ3v) is 3.45. The number of nitrogens with one attached hydrogen (secondary N) is 1. The number of anilines is 1. The number of hydrazone groups is 1. The van der Waals surface area contributed by atoms with E-state index in [0.29, 0.717) is 11.9 Å². The van der Waals surface area contributed by atoms with Crippen LogP contribution in [0.1, 0.15) is 36.6 Å². The summed E-state index contributed by atoms with van der Waals surface area (Å²) < 4.78 is 0. The fourth-order valence-corrected chi connectivity index (χ4v) is 2.33. The Kier molecular flexibility index (Phi) is 4.09. The zero-order valence-corrected chi connectivity index (χ0v) is 11.6. The Hall–Kier alpha value is -1.98. The van der Waals surface area contributed by atoms with Gasteiger partial charge in [-0.2, -0.15) is 10.2 Å². The van der Waals surface area contributed by atoms with Crippen molar-refractivity contribution in [1.82, 2.24) is 4.98 Å². The quantitative estimate of drug-likeness (QED) is 0.281. The van der Waals surface area contributed by atoms with E-state index in [4.69, 9.17) is 5.84 Å². The standard InChI is InChI=1S/C13H20N6/c1-4-10-6-5-9-7-11(13(18-14)19-15-3)8(2)16-12(9)17-10/h7,10H,4-6,14H2,1-3H3,(H,16,17)/b18-13-,19-15?. The van der Waals surface area contributed by atoms with Crippen molar-refractivity contribution in [3.63, 3.8) is 0 Å². The van der Waals surface area contributed by atoms with Gasteiger partial charge in [0.25, 0.3) is 0 Å². The minimum Gasteiger partial charge on any atom is -0.367 e. The molecular formula is C13H20N6. The summed E-state index contributed by atoms with van der Waals surface area (Å²) >= 11 is 0. The number of rotatable bonds is 2. The lowest BCUT2D eigenvalue weighted by molar-refractivity contribution is 0.608. The smallest absolute Gasteiger partial charge is 0.201 e. The molecule has 0 saturated carbocycles. The largest absolute Gasteiger partial charge is 0.367 e.